The molecule has 1 fully saturated rings. The minimum Gasteiger partial charge on any atom is -0.481 e. The first-order valence-electron chi connectivity index (χ1n) is 4.08. The van der Waals surface area contributed by atoms with Crippen molar-refractivity contribution >= 4 is 5.97 Å². The lowest BCUT2D eigenvalue weighted by Crippen LogP contribution is -2.31. The summed E-state index contributed by atoms with van der Waals surface area (Å²) in [6, 6.07) is -0.153. The third-order valence-electron chi connectivity index (χ3n) is 2.45. The summed E-state index contributed by atoms with van der Waals surface area (Å²) in [6.07, 6.45) is 2.57. The smallest absolute Gasteiger partial charge is 0.304 e. The van der Waals surface area contributed by atoms with Gasteiger partial charge in [0.05, 0.1) is 6.42 Å². The highest BCUT2D eigenvalue weighted by atomic mass is 16.4. The van der Waals surface area contributed by atoms with Crippen molar-refractivity contribution in [3.8, 4) is 0 Å². The maximum atomic E-state index is 10.3. The van der Waals surface area contributed by atoms with Gasteiger partial charge in [-0.3, -0.25) is 4.79 Å². The minimum atomic E-state index is -0.787. The van der Waals surface area contributed by atoms with Crippen LogP contribution in [0, 0.1) is 11.8 Å². The Morgan fingerprint density at radius 3 is 2.64 bits per heavy atom. The van der Waals surface area contributed by atoms with E-state index in [4.69, 9.17) is 10.8 Å². The van der Waals surface area contributed by atoms with Crippen molar-refractivity contribution in [2.75, 3.05) is 0 Å². The number of carboxylic acids is 1. The molecule has 1 aliphatic carbocycles. The molecule has 1 rings (SSSR count). The lowest BCUT2D eigenvalue weighted by Gasteiger charge is -2.16. The second-order valence-electron chi connectivity index (χ2n) is 3.46. The van der Waals surface area contributed by atoms with Gasteiger partial charge in [-0.25, -0.2) is 0 Å². The van der Waals surface area contributed by atoms with Crippen molar-refractivity contribution in [1.82, 2.24) is 0 Å². The van der Waals surface area contributed by atoms with Crippen LogP contribution in [-0.2, 0) is 4.79 Å². The highest BCUT2D eigenvalue weighted by molar-refractivity contribution is 5.67. The molecule has 1 saturated carbocycles. The summed E-state index contributed by atoms with van der Waals surface area (Å²) in [5.74, 6) is 0.292. The van der Waals surface area contributed by atoms with Crippen LogP contribution in [0.2, 0.25) is 0 Å². The van der Waals surface area contributed by atoms with Crippen LogP contribution in [0.25, 0.3) is 0 Å². The number of hydrogen-bond donors (Lipinski definition) is 2. The van der Waals surface area contributed by atoms with Crippen LogP contribution >= 0.6 is 0 Å². The molecule has 0 spiro atoms. The van der Waals surface area contributed by atoms with Gasteiger partial charge in [0.1, 0.15) is 0 Å². The SMILES string of the molecule is C[C@@H](C1CC1)[C@H](N)CC(=O)O. The summed E-state index contributed by atoms with van der Waals surface area (Å²) >= 11 is 0. The Hall–Kier alpha value is -0.570. The van der Waals surface area contributed by atoms with Crippen LogP contribution in [0.1, 0.15) is 26.2 Å². The van der Waals surface area contributed by atoms with Crippen molar-refractivity contribution in [2.24, 2.45) is 17.6 Å². The zero-order chi connectivity index (χ0) is 8.43. The van der Waals surface area contributed by atoms with Crippen molar-refractivity contribution in [2.45, 2.75) is 32.2 Å². The van der Waals surface area contributed by atoms with Crippen molar-refractivity contribution in [3.63, 3.8) is 0 Å². The highest BCUT2D eigenvalue weighted by Crippen LogP contribution is 2.38. The monoisotopic (exact) mass is 157 g/mol. The molecule has 0 unspecified atom stereocenters. The standard InChI is InChI=1S/C8H15NO2/c1-5(6-2-3-6)7(9)4-8(10)11/h5-7H,2-4,9H2,1H3,(H,10,11)/t5-,7+/m0/s1. The number of aliphatic carboxylic acids is 1. The van der Waals surface area contributed by atoms with Crippen molar-refractivity contribution in [1.29, 1.82) is 0 Å². The van der Waals surface area contributed by atoms with Gasteiger partial charge in [-0.2, -0.15) is 0 Å². The number of carboxylic acid groups (broad SMARTS) is 1. The molecule has 0 saturated heterocycles. The maximum Gasteiger partial charge on any atom is 0.304 e. The van der Waals surface area contributed by atoms with E-state index in [1.54, 1.807) is 0 Å². The van der Waals surface area contributed by atoms with Crippen molar-refractivity contribution < 1.29 is 9.90 Å². The summed E-state index contributed by atoms with van der Waals surface area (Å²) in [6.45, 7) is 2.05. The largest absolute Gasteiger partial charge is 0.481 e. The maximum absolute atomic E-state index is 10.3. The molecule has 3 heteroatoms. The Bertz CT molecular complexity index is 154. The van der Waals surface area contributed by atoms with Crippen LogP contribution in [0.4, 0.5) is 0 Å². The molecule has 0 bridgehead atoms. The summed E-state index contributed by atoms with van der Waals surface area (Å²) in [5, 5.41) is 8.45. The molecule has 0 aromatic heterocycles. The molecule has 3 nitrogen and oxygen atoms in total. The van der Waals surface area contributed by atoms with E-state index in [0.29, 0.717) is 11.8 Å². The van der Waals surface area contributed by atoms with E-state index < -0.39 is 5.97 Å². The summed E-state index contributed by atoms with van der Waals surface area (Å²) in [7, 11) is 0. The quantitative estimate of drug-likeness (QED) is 0.635. The zero-order valence-corrected chi connectivity index (χ0v) is 6.79. The van der Waals surface area contributed by atoms with Gasteiger partial charge in [0.2, 0.25) is 0 Å². The van der Waals surface area contributed by atoms with Gasteiger partial charge in [0.25, 0.3) is 0 Å². The number of nitrogens with two attached hydrogens (primary N) is 1. The van der Waals surface area contributed by atoms with E-state index in [0.717, 1.165) is 0 Å². The van der Waals surface area contributed by atoms with Gasteiger partial charge in [0.15, 0.2) is 0 Å². The third kappa shape index (κ3) is 2.50. The molecule has 3 N–H and O–H groups in total. The van der Waals surface area contributed by atoms with E-state index in [2.05, 4.69) is 0 Å². The molecule has 0 aromatic carbocycles. The Kier molecular flexibility index (Phi) is 2.49. The Labute approximate surface area is 66.6 Å². The van der Waals surface area contributed by atoms with Gasteiger partial charge < -0.3 is 10.8 Å². The first-order chi connectivity index (χ1) is 5.11. The van der Waals surface area contributed by atoms with Crippen LogP contribution in [0.5, 0.6) is 0 Å². The summed E-state index contributed by atoms with van der Waals surface area (Å²) in [4.78, 5) is 10.3. The Morgan fingerprint density at radius 1 is 1.73 bits per heavy atom. The van der Waals surface area contributed by atoms with E-state index in [1.807, 2.05) is 6.92 Å². The van der Waals surface area contributed by atoms with Crippen LogP contribution < -0.4 is 5.73 Å². The summed E-state index contributed by atoms with van der Waals surface area (Å²) in [5.41, 5.74) is 5.68. The van der Waals surface area contributed by atoms with Crippen LogP contribution in [0.3, 0.4) is 0 Å². The molecular formula is C8H15NO2. The van der Waals surface area contributed by atoms with Crippen LogP contribution in [0.15, 0.2) is 0 Å². The van der Waals surface area contributed by atoms with E-state index >= 15 is 0 Å². The van der Waals surface area contributed by atoms with E-state index in [1.165, 1.54) is 12.8 Å². The van der Waals surface area contributed by atoms with E-state index in [9.17, 15) is 4.79 Å². The Morgan fingerprint density at radius 2 is 2.27 bits per heavy atom. The molecule has 1 aliphatic rings. The minimum absolute atomic E-state index is 0.109. The Balaban J connectivity index is 2.26. The molecule has 2 atom stereocenters. The normalized spacial score (nSPS) is 22.7. The van der Waals surface area contributed by atoms with Gasteiger partial charge in [-0.1, -0.05) is 6.92 Å². The van der Waals surface area contributed by atoms with Gasteiger partial charge in [-0.15, -0.1) is 0 Å². The van der Waals surface area contributed by atoms with Gasteiger partial charge in [-0.05, 0) is 24.7 Å². The van der Waals surface area contributed by atoms with Crippen molar-refractivity contribution in [3.05, 3.63) is 0 Å². The second-order valence-corrected chi connectivity index (χ2v) is 3.46. The van der Waals surface area contributed by atoms with E-state index in [-0.39, 0.29) is 12.5 Å². The second kappa shape index (κ2) is 3.22. The predicted molar refractivity (Wildman–Crippen MR) is 42.1 cm³/mol. The molecule has 0 aliphatic heterocycles. The molecule has 0 heterocycles. The average molecular weight is 157 g/mol. The number of rotatable bonds is 4. The fraction of sp³-hybridized carbons (Fsp3) is 0.875. The molecule has 11 heavy (non-hydrogen) atoms. The van der Waals surface area contributed by atoms with Gasteiger partial charge in [0, 0.05) is 6.04 Å². The first-order valence-corrected chi connectivity index (χ1v) is 4.08. The topological polar surface area (TPSA) is 63.3 Å². The van der Waals surface area contributed by atoms with Crippen LogP contribution in [-0.4, -0.2) is 17.1 Å². The first kappa shape index (κ1) is 8.53. The fourth-order valence-electron chi connectivity index (χ4n) is 1.36. The average Bonchev–Trinajstić information content (AvgIpc) is 2.65. The highest BCUT2D eigenvalue weighted by Gasteiger charge is 2.32. The number of carbonyl (C=O) groups is 1. The molecule has 0 radical (unpaired) electrons. The number of hydrogen-bond acceptors (Lipinski definition) is 2. The summed E-state index contributed by atoms with van der Waals surface area (Å²) < 4.78 is 0. The van der Waals surface area contributed by atoms with Gasteiger partial charge >= 0.3 is 5.97 Å². The lowest BCUT2D eigenvalue weighted by molar-refractivity contribution is -0.137. The molecule has 0 amide bonds. The predicted octanol–water partition coefficient (Wildman–Crippen LogP) is 0.835. The lowest BCUT2D eigenvalue weighted by atomic mass is 9.95. The fourth-order valence-corrected chi connectivity index (χ4v) is 1.36. The molecular weight excluding hydrogens is 142 g/mol. The molecule has 64 valence electrons. The third-order valence-corrected chi connectivity index (χ3v) is 2.45. The molecule has 0 aromatic rings. The zero-order valence-electron chi connectivity index (χ0n) is 6.79.